The number of hydrogen-bond donors (Lipinski definition) is 4. The Morgan fingerprint density at radius 2 is 0.625 bits per heavy atom. The predicted molar refractivity (Wildman–Crippen MR) is 44.5 cm³/mol. The van der Waals surface area contributed by atoms with Gasteiger partial charge in [0.25, 0.3) is 0 Å². The van der Waals surface area contributed by atoms with E-state index in [1.54, 1.807) is 0 Å². The third-order valence-electron chi connectivity index (χ3n) is 2.69. The molecule has 88 valence electrons. The molecule has 0 unspecified atom stereocenters. The van der Waals surface area contributed by atoms with Gasteiger partial charge in [-0.25, -0.2) is 0 Å². The van der Waals surface area contributed by atoms with E-state index < -0.39 is 47.5 Å². The number of hydrogen-bond acceptors (Lipinski definition) is 4. The van der Waals surface area contributed by atoms with Crippen molar-refractivity contribution in [1.82, 2.24) is 0 Å². The second-order valence-electron chi connectivity index (χ2n) is 3.46. The van der Waals surface area contributed by atoms with Gasteiger partial charge >= 0.3 is 23.9 Å². The van der Waals surface area contributed by atoms with Gasteiger partial charge in [0.1, 0.15) is 0 Å². The molecule has 16 heavy (non-hydrogen) atoms. The van der Waals surface area contributed by atoms with E-state index in [2.05, 4.69) is 0 Å². The van der Waals surface area contributed by atoms with E-state index in [4.69, 9.17) is 20.4 Å². The van der Waals surface area contributed by atoms with Crippen molar-refractivity contribution in [3.8, 4) is 0 Å². The van der Waals surface area contributed by atoms with Gasteiger partial charge in [-0.1, -0.05) is 0 Å². The third kappa shape index (κ3) is 1.58. The SMILES string of the molecule is O=C(O)[C@H]1[C@H](C(=O)O)[C@@H](C(=O)O)[C@H]1C(=O)O. The zero-order valence-electron chi connectivity index (χ0n) is 7.73. The van der Waals surface area contributed by atoms with E-state index in [1.165, 1.54) is 0 Å². The van der Waals surface area contributed by atoms with Crippen LogP contribution in [0.3, 0.4) is 0 Å². The lowest BCUT2D eigenvalue weighted by atomic mass is 9.56. The second-order valence-corrected chi connectivity index (χ2v) is 3.46. The Bertz CT molecular complexity index is 292. The van der Waals surface area contributed by atoms with Gasteiger partial charge in [-0.2, -0.15) is 0 Å². The molecule has 0 bridgehead atoms. The highest BCUT2D eigenvalue weighted by atomic mass is 16.4. The fraction of sp³-hybridized carbons (Fsp3) is 0.500. The smallest absolute Gasteiger partial charge is 0.308 e. The summed E-state index contributed by atoms with van der Waals surface area (Å²) in [7, 11) is 0. The minimum atomic E-state index is -1.70. The van der Waals surface area contributed by atoms with Gasteiger partial charge in [0, 0.05) is 0 Å². The highest BCUT2D eigenvalue weighted by Crippen LogP contribution is 2.46. The van der Waals surface area contributed by atoms with Gasteiger partial charge in [-0.05, 0) is 0 Å². The number of rotatable bonds is 4. The van der Waals surface area contributed by atoms with Gasteiger partial charge in [-0.3, -0.25) is 19.2 Å². The van der Waals surface area contributed by atoms with Crippen LogP contribution in [-0.2, 0) is 19.2 Å². The Kier molecular flexibility index (Phi) is 2.84. The highest BCUT2D eigenvalue weighted by Gasteiger charge is 2.64. The summed E-state index contributed by atoms with van der Waals surface area (Å²) in [6, 6.07) is 0. The summed E-state index contributed by atoms with van der Waals surface area (Å²) in [4.78, 5) is 42.6. The molecule has 0 aromatic carbocycles. The van der Waals surface area contributed by atoms with Crippen LogP contribution in [0, 0.1) is 23.7 Å². The Labute approximate surface area is 88.1 Å². The number of carboxylic acids is 4. The molecule has 0 radical (unpaired) electrons. The first-order valence-electron chi connectivity index (χ1n) is 4.20. The minimum Gasteiger partial charge on any atom is -0.481 e. The Morgan fingerprint density at radius 1 is 0.500 bits per heavy atom. The number of carboxylic acid groups (broad SMARTS) is 4. The Morgan fingerprint density at radius 3 is 0.688 bits per heavy atom. The summed E-state index contributed by atoms with van der Waals surface area (Å²) in [5.41, 5.74) is 0. The van der Waals surface area contributed by atoms with Crippen molar-refractivity contribution in [2.24, 2.45) is 23.7 Å². The van der Waals surface area contributed by atoms with Crippen LogP contribution >= 0.6 is 0 Å². The quantitative estimate of drug-likeness (QED) is 0.472. The first-order valence-corrected chi connectivity index (χ1v) is 4.20. The summed E-state index contributed by atoms with van der Waals surface area (Å²) < 4.78 is 0. The molecule has 1 aliphatic carbocycles. The van der Waals surface area contributed by atoms with Gasteiger partial charge in [0.2, 0.25) is 0 Å². The van der Waals surface area contributed by atoms with Crippen molar-refractivity contribution in [2.45, 2.75) is 0 Å². The van der Waals surface area contributed by atoms with Crippen LogP contribution < -0.4 is 0 Å². The summed E-state index contributed by atoms with van der Waals surface area (Å²) >= 11 is 0. The van der Waals surface area contributed by atoms with Crippen molar-refractivity contribution in [3.63, 3.8) is 0 Å². The van der Waals surface area contributed by atoms with Gasteiger partial charge in [-0.15, -0.1) is 0 Å². The molecule has 1 fully saturated rings. The van der Waals surface area contributed by atoms with Crippen molar-refractivity contribution in [1.29, 1.82) is 0 Å². The van der Waals surface area contributed by atoms with E-state index in [0.29, 0.717) is 0 Å². The number of carbonyl (C=O) groups is 4. The summed E-state index contributed by atoms with van der Waals surface area (Å²) in [6.07, 6.45) is 0. The van der Waals surface area contributed by atoms with Crippen LogP contribution in [0.2, 0.25) is 0 Å². The molecule has 0 spiro atoms. The normalized spacial score (nSPS) is 32.5. The topological polar surface area (TPSA) is 149 Å². The van der Waals surface area contributed by atoms with Crippen LogP contribution in [0.15, 0.2) is 0 Å². The third-order valence-corrected chi connectivity index (χ3v) is 2.69. The van der Waals surface area contributed by atoms with Crippen LogP contribution in [0.4, 0.5) is 0 Å². The molecule has 8 heteroatoms. The van der Waals surface area contributed by atoms with Crippen LogP contribution in [0.1, 0.15) is 0 Å². The molecule has 0 aromatic heterocycles. The average Bonchev–Trinajstić information content (AvgIpc) is 1.97. The maximum Gasteiger partial charge on any atom is 0.308 e. The van der Waals surface area contributed by atoms with Crippen molar-refractivity contribution in [3.05, 3.63) is 0 Å². The van der Waals surface area contributed by atoms with Crippen molar-refractivity contribution >= 4 is 23.9 Å². The molecule has 0 heterocycles. The standard InChI is InChI=1S/C8H8O8/c9-5(10)1-2(6(11)12)4(8(15)16)3(1)7(13)14/h1-4H,(H,9,10)(H,11,12)(H,13,14)(H,15,16)/t1-,2-,3-,4+. The summed E-state index contributed by atoms with van der Waals surface area (Å²) in [5, 5.41) is 34.6. The molecule has 1 rings (SSSR count). The van der Waals surface area contributed by atoms with Gasteiger partial charge in [0.05, 0.1) is 23.7 Å². The molecule has 1 saturated carbocycles. The summed E-state index contributed by atoms with van der Waals surface area (Å²) in [5.74, 6) is -13.2. The van der Waals surface area contributed by atoms with Gasteiger partial charge < -0.3 is 20.4 Å². The lowest BCUT2D eigenvalue weighted by molar-refractivity contribution is -0.191. The molecule has 0 aromatic rings. The van der Waals surface area contributed by atoms with Crippen molar-refractivity contribution in [2.75, 3.05) is 0 Å². The monoisotopic (exact) mass is 232 g/mol. The molecule has 0 atom stereocenters. The molecule has 0 saturated heterocycles. The molecule has 4 N–H and O–H groups in total. The van der Waals surface area contributed by atoms with Crippen LogP contribution in [0.25, 0.3) is 0 Å². The van der Waals surface area contributed by atoms with E-state index in [1.807, 2.05) is 0 Å². The lowest BCUT2D eigenvalue weighted by Crippen LogP contribution is -2.59. The maximum absolute atomic E-state index is 10.7. The molecular formula is C8H8O8. The maximum atomic E-state index is 10.7. The lowest BCUT2D eigenvalue weighted by Gasteiger charge is -2.42. The zero-order valence-corrected chi connectivity index (χ0v) is 7.73. The fourth-order valence-corrected chi connectivity index (χ4v) is 1.98. The fourth-order valence-electron chi connectivity index (χ4n) is 1.98. The van der Waals surface area contributed by atoms with E-state index in [-0.39, 0.29) is 0 Å². The van der Waals surface area contributed by atoms with Gasteiger partial charge in [0.15, 0.2) is 0 Å². The van der Waals surface area contributed by atoms with E-state index in [0.717, 1.165) is 0 Å². The summed E-state index contributed by atoms with van der Waals surface area (Å²) in [6.45, 7) is 0. The zero-order chi connectivity index (χ0) is 12.6. The predicted octanol–water partition coefficient (Wildman–Crippen LogP) is -1.20. The molecule has 0 amide bonds. The average molecular weight is 232 g/mol. The largest absolute Gasteiger partial charge is 0.481 e. The molecular weight excluding hydrogens is 224 g/mol. The minimum absolute atomic E-state index is 1.61. The highest BCUT2D eigenvalue weighted by molar-refractivity contribution is 5.95. The molecule has 0 aliphatic heterocycles. The number of aliphatic carboxylic acids is 4. The van der Waals surface area contributed by atoms with E-state index >= 15 is 0 Å². The van der Waals surface area contributed by atoms with Crippen LogP contribution in [0.5, 0.6) is 0 Å². The Balaban J connectivity index is 3.08. The molecule has 1 aliphatic rings. The first-order chi connectivity index (χ1) is 7.29. The van der Waals surface area contributed by atoms with Crippen LogP contribution in [-0.4, -0.2) is 44.3 Å². The molecule has 8 nitrogen and oxygen atoms in total. The Hall–Kier alpha value is -2.12. The van der Waals surface area contributed by atoms with Crippen molar-refractivity contribution < 1.29 is 39.6 Å². The first kappa shape index (κ1) is 12.0. The van der Waals surface area contributed by atoms with E-state index in [9.17, 15) is 19.2 Å². The second kappa shape index (κ2) is 3.80.